The second-order valence-electron chi connectivity index (χ2n) is 6.05. The second kappa shape index (κ2) is 5.66. The predicted octanol–water partition coefficient (Wildman–Crippen LogP) is 0.973. The van der Waals surface area contributed by atoms with Crippen LogP contribution in [0.25, 0.3) is 0 Å². The molecule has 5 heteroatoms. The van der Waals surface area contributed by atoms with E-state index in [1.54, 1.807) is 4.90 Å². The number of hydrogen-bond donors (Lipinski definition) is 1. The van der Waals surface area contributed by atoms with Crippen LogP contribution in [0.2, 0.25) is 0 Å². The zero-order chi connectivity index (χ0) is 14.9. The highest BCUT2D eigenvalue weighted by Crippen LogP contribution is 2.34. The van der Waals surface area contributed by atoms with Crippen LogP contribution in [0.1, 0.15) is 18.4 Å². The van der Waals surface area contributed by atoms with Crippen molar-refractivity contribution in [1.82, 2.24) is 4.90 Å². The molecule has 5 nitrogen and oxygen atoms in total. The third kappa shape index (κ3) is 3.04. The number of para-hydroxylation sites is 1. The maximum atomic E-state index is 12.3. The van der Waals surface area contributed by atoms with Gasteiger partial charge >= 0.3 is 0 Å². The lowest BCUT2D eigenvalue weighted by Gasteiger charge is -2.31. The Hall–Kier alpha value is -1.59. The summed E-state index contributed by atoms with van der Waals surface area (Å²) in [6.45, 7) is 3.92. The van der Waals surface area contributed by atoms with Crippen molar-refractivity contribution in [2.24, 2.45) is 5.73 Å². The lowest BCUT2D eigenvalue weighted by atomic mass is 10.1. The number of likely N-dealkylation sites (N-methyl/N-ethyl adjacent to an activating group) is 1. The number of carbonyl (C=O) groups excluding carboxylic acids is 1. The van der Waals surface area contributed by atoms with E-state index in [2.05, 4.69) is 17.0 Å². The molecule has 3 rings (SSSR count). The fraction of sp³-hybridized carbons (Fsp3) is 0.562. The summed E-state index contributed by atoms with van der Waals surface area (Å²) in [4.78, 5) is 16.4. The van der Waals surface area contributed by atoms with Gasteiger partial charge in [-0.1, -0.05) is 18.2 Å². The molecule has 1 saturated carbocycles. The molecule has 0 bridgehead atoms. The van der Waals surface area contributed by atoms with Gasteiger partial charge in [0.2, 0.25) is 5.91 Å². The minimum Gasteiger partial charge on any atom is -0.378 e. The number of nitrogens with zero attached hydrogens (tertiary/aromatic N) is 2. The Labute approximate surface area is 125 Å². The summed E-state index contributed by atoms with van der Waals surface area (Å²) in [6.07, 6.45) is 1.61. The van der Waals surface area contributed by atoms with Crippen molar-refractivity contribution in [3.8, 4) is 0 Å². The molecule has 114 valence electrons. The van der Waals surface area contributed by atoms with Crippen LogP contribution in [0.3, 0.4) is 0 Å². The second-order valence-corrected chi connectivity index (χ2v) is 6.05. The van der Waals surface area contributed by atoms with Crippen LogP contribution in [-0.4, -0.2) is 49.7 Å². The average molecular weight is 289 g/mol. The first-order valence-corrected chi connectivity index (χ1v) is 7.55. The molecule has 1 aromatic rings. The van der Waals surface area contributed by atoms with Gasteiger partial charge < -0.3 is 20.3 Å². The standard InChI is InChI=1S/C16H23N3O2/c1-18(15(20)16(17)6-7-16)12-13-4-2-3-5-14(13)19-8-10-21-11-9-19/h2-5H,6-12,17H2,1H3. The van der Waals surface area contributed by atoms with E-state index in [4.69, 9.17) is 10.5 Å². The smallest absolute Gasteiger partial charge is 0.242 e. The molecule has 0 spiro atoms. The van der Waals surface area contributed by atoms with Gasteiger partial charge in [0, 0.05) is 32.4 Å². The summed E-state index contributed by atoms with van der Waals surface area (Å²) in [5.41, 5.74) is 7.78. The quantitative estimate of drug-likeness (QED) is 0.897. The third-order valence-corrected chi connectivity index (χ3v) is 4.31. The topological polar surface area (TPSA) is 58.8 Å². The number of hydrogen-bond acceptors (Lipinski definition) is 4. The molecule has 1 saturated heterocycles. The Bertz CT molecular complexity index is 522. The summed E-state index contributed by atoms with van der Waals surface area (Å²) >= 11 is 0. The molecule has 0 aromatic heterocycles. The molecule has 1 heterocycles. The summed E-state index contributed by atoms with van der Waals surface area (Å²) in [5, 5.41) is 0. The van der Waals surface area contributed by atoms with Gasteiger partial charge in [0.15, 0.2) is 0 Å². The number of benzene rings is 1. The molecular weight excluding hydrogens is 266 g/mol. The number of rotatable bonds is 4. The first-order chi connectivity index (χ1) is 10.1. The molecule has 2 fully saturated rings. The van der Waals surface area contributed by atoms with Crippen LogP contribution in [0.5, 0.6) is 0 Å². The Morgan fingerprint density at radius 3 is 2.67 bits per heavy atom. The van der Waals surface area contributed by atoms with Crippen molar-refractivity contribution in [3.63, 3.8) is 0 Å². The largest absolute Gasteiger partial charge is 0.378 e. The van der Waals surface area contributed by atoms with Gasteiger partial charge in [-0.3, -0.25) is 4.79 Å². The van der Waals surface area contributed by atoms with E-state index in [-0.39, 0.29) is 5.91 Å². The molecule has 0 atom stereocenters. The van der Waals surface area contributed by atoms with E-state index in [0.29, 0.717) is 6.54 Å². The average Bonchev–Trinajstić information content (AvgIpc) is 3.27. The normalized spacial score (nSPS) is 20.2. The molecule has 0 radical (unpaired) electrons. The molecule has 1 aliphatic carbocycles. The molecular formula is C16H23N3O2. The van der Waals surface area contributed by atoms with E-state index in [1.165, 1.54) is 11.3 Å². The van der Waals surface area contributed by atoms with E-state index < -0.39 is 5.54 Å². The van der Waals surface area contributed by atoms with Crippen LogP contribution in [0.4, 0.5) is 5.69 Å². The summed E-state index contributed by atoms with van der Waals surface area (Å²) in [6, 6.07) is 8.27. The molecule has 21 heavy (non-hydrogen) atoms. The number of amides is 1. The number of carbonyl (C=O) groups is 1. The van der Waals surface area contributed by atoms with Crippen molar-refractivity contribution < 1.29 is 9.53 Å². The third-order valence-electron chi connectivity index (χ3n) is 4.31. The minimum atomic E-state index is -0.595. The highest BCUT2D eigenvalue weighted by molar-refractivity contribution is 5.89. The molecule has 2 N–H and O–H groups in total. The molecule has 0 unspecified atom stereocenters. The molecule has 1 amide bonds. The van der Waals surface area contributed by atoms with Crippen molar-refractivity contribution in [2.45, 2.75) is 24.9 Å². The van der Waals surface area contributed by atoms with Gasteiger partial charge in [-0.15, -0.1) is 0 Å². The van der Waals surface area contributed by atoms with Gasteiger partial charge in [0.05, 0.1) is 18.8 Å². The molecule has 1 aliphatic heterocycles. The van der Waals surface area contributed by atoms with Crippen molar-refractivity contribution in [1.29, 1.82) is 0 Å². The van der Waals surface area contributed by atoms with E-state index in [9.17, 15) is 4.79 Å². The Kier molecular flexibility index (Phi) is 3.87. The van der Waals surface area contributed by atoms with Crippen LogP contribution >= 0.6 is 0 Å². The van der Waals surface area contributed by atoms with Crippen LogP contribution < -0.4 is 10.6 Å². The lowest BCUT2D eigenvalue weighted by Crippen LogP contribution is -2.43. The molecule has 1 aromatic carbocycles. The van der Waals surface area contributed by atoms with Crippen LogP contribution in [-0.2, 0) is 16.1 Å². The number of morpholine rings is 1. The Balaban J connectivity index is 1.74. The van der Waals surface area contributed by atoms with Gasteiger partial charge in [0.25, 0.3) is 0 Å². The Morgan fingerprint density at radius 1 is 1.33 bits per heavy atom. The summed E-state index contributed by atoms with van der Waals surface area (Å²) in [5.74, 6) is 0.0549. The predicted molar refractivity (Wildman–Crippen MR) is 82.1 cm³/mol. The summed E-state index contributed by atoms with van der Waals surface area (Å²) < 4.78 is 5.41. The maximum Gasteiger partial charge on any atom is 0.242 e. The van der Waals surface area contributed by atoms with Crippen molar-refractivity contribution >= 4 is 11.6 Å². The fourth-order valence-corrected chi connectivity index (χ4v) is 2.81. The van der Waals surface area contributed by atoms with Crippen molar-refractivity contribution in [2.75, 3.05) is 38.3 Å². The monoisotopic (exact) mass is 289 g/mol. The van der Waals surface area contributed by atoms with Crippen molar-refractivity contribution in [3.05, 3.63) is 29.8 Å². The zero-order valence-corrected chi connectivity index (χ0v) is 12.5. The van der Waals surface area contributed by atoms with Crippen LogP contribution in [0.15, 0.2) is 24.3 Å². The number of ether oxygens (including phenoxy) is 1. The number of anilines is 1. The van der Waals surface area contributed by atoms with Gasteiger partial charge in [-0.05, 0) is 24.5 Å². The summed E-state index contributed by atoms with van der Waals surface area (Å²) in [7, 11) is 1.84. The molecule has 2 aliphatic rings. The first-order valence-electron chi connectivity index (χ1n) is 7.55. The van der Waals surface area contributed by atoms with E-state index >= 15 is 0 Å². The zero-order valence-electron chi connectivity index (χ0n) is 12.5. The van der Waals surface area contributed by atoms with E-state index in [1.807, 2.05) is 19.2 Å². The minimum absolute atomic E-state index is 0.0549. The number of nitrogens with two attached hydrogens (primary N) is 1. The van der Waals surface area contributed by atoms with Gasteiger partial charge in [0.1, 0.15) is 0 Å². The lowest BCUT2D eigenvalue weighted by molar-refractivity contribution is -0.132. The highest BCUT2D eigenvalue weighted by Gasteiger charge is 2.47. The fourth-order valence-electron chi connectivity index (χ4n) is 2.81. The Morgan fingerprint density at radius 2 is 2.00 bits per heavy atom. The van der Waals surface area contributed by atoms with E-state index in [0.717, 1.165) is 39.1 Å². The first kappa shape index (κ1) is 14.4. The maximum absolute atomic E-state index is 12.3. The van der Waals surface area contributed by atoms with Crippen LogP contribution in [0, 0.1) is 0 Å². The SMILES string of the molecule is CN(Cc1ccccc1N1CCOCC1)C(=O)C1(N)CC1. The highest BCUT2D eigenvalue weighted by atomic mass is 16.5. The van der Waals surface area contributed by atoms with Gasteiger partial charge in [-0.25, -0.2) is 0 Å². The van der Waals surface area contributed by atoms with Gasteiger partial charge in [-0.2, -0.15) is 0 Å².